The highest BCUT2D eigenvalue weighted by molar-refractivity contribution is 7.80. The smallest absolute Gasteiger partial charge is 0.170 e. The molecule has 0 unspecified atom stereocenters. The molecule has 1 saturated heterocycles. The van der Waals surface area contributed by atoms with Gasteiger partial charge in [0.05, 0.1) is 31.5 Å². The molecule has 2 aromatic heterocycles. The zero-order valence-corrected chi connectivity index (χ0v) is 16.3. The number of benzene rings is 1. The van der Waals surface area contributed by atoms with Crippen LogP contribution in [0.4, 0.5) is 0 Å². The maximum absolute atomic E-state index is 9.60. The zero-order valence-electron chi connectivity index (χ0n) is 15.5. The molecular formula is C21H22N4O2S. The number of aliphatic hydroxyl groups excluding tert-OH is 1. The fourth-order valence-electron chi connectivity index (χ4n) is 3.69. The van der Waals surface area contributed by atoms with Crippen LogP contribution in [0, 0.1) is 0 Å². The minimum absolute atomic E-state index is 0.0243. The quantitative estimate of drug-likeness (QED) is 0.627. The third-order valence-corrected chi connectivity index (χ3v) is 5.32. The van der Waals surface area contributed by atoms with Crippen molar-refractivity contribution in [1.82, 2.24) is 19.8 Å². The van der Waals surface area contributed by atoms with Gasteiger partial charge in [0.2, 0.25) is 0 Å². The monoisotopic (exact) mass is 394 g/mol. The Labute approximate surface area is 169 Å². The predicted octanol–water partition coefficient (Wildman–Crippen LogP) is 2.85. The molecule has 28 heavy (non-hydrogen) atoms. The molecule has 3 aromatic rings. The van der Waals surface area contributed by atoms with Crippen LogP contribution >= 0.6 is 12.2 Å². The molecule has 0 aliphatic carbocycles. The Morgan fingerprint density at radius 1 is 1.14 bits per heavy atom. The maximum Gasteiger partial charge on any atom is 0.170 e. The van der Waals surface area contributed by atoms with Gasteiger partial charge in [0, 0.05) is 30.3 Å². The minimum Gasteiger partial charge on any atom is -0.497 e. The molecule has 1 aliphatic rings. The van der Waals surface area contributed by atoms with Crippen LogP contribution in [0.15, 0.2) is 67.0 Å². The lowest BCUT2D eigenvalue weighted by Crippen LogP contribution is -2.32. The van der Waals surface area contributed by atoms with Crippen LogP contribution in [-0.2, 0) is 0 Å². The van der Waals surface area contributed by atoms with E-state index in [0.717, 1.165) is 22.8 Å². The van der Waals surface area contributed by atoms with E-state index in [0.29, 0.717) is 11.7 Å². The van der Waals surface area contributed by atoms with Gasteiger partial charge in [-0.2, -0.15) is 0 Å². The summed E-state index contributed by atoms with van der Waals surface area (Å²) in [6, 6.07) is 17.7. The molecule has 6 nitrogen and oxygen atoms in total. The Morgan fingerprint density at radius 2 is 1.96 bits per heavy atom. The lowest BCUT2D eigenvalue weighted by molar-refractivity contribution is 0.220. The van der Waals surface area contributed by atoms with Crippen LogP contribution in [0.1, 0.15) is 23.5 Å². The van der Waals surface area contributed by atoms with Crippen molar-refractivity contribution in [3.63, 3.8) is 0 Å². The largest absolute Gasteiger partial charge is 0.497 e. The van der Waals surface area contributed by atoms with Gasteiger partial charge in [0.15, 0.2) is 5.11 Å². The third-order valence-electron chi connectivity index (χ3n) is 4.97. The van der Waals surface area contributed by atoms with Gasteiger partial charge in [0.1, 0.15) is 5.75 Å². The molecule has 1 fully saturated rings. The van der Waals surface area contributed by atoms with E-state index in [1.54, 1.807) is 13.3 Å². The van der Waals surface area contributed by atoms with E-state index >= 15 is 0 Å². The van der Waals surface area contributed by atoms with E-state index in [-0.39, 0.29) is 18.7 Å². The van der Waals surface area contributed by atoms with Crippen molar-refractivity contribution in [3.8, 4) is 11.4 Å². The van der Waals surface area contributed by atoms with E-state index in [2.05, 4.69) is 20.9 Å². The SMILES string of the molecule is COc1ccc(-n2cccc2[C@H]2[C@H](c3ccccn3)NC(=S)N2CCO)cc1. The van der Waals surface area contributed by atoms with Crippen molar-refractivity contribution in [1.29, 1.82) is 0 Å². The first-order valence-electron chi connectivity index (χ1n) is 9.13. The lowest BCUT2D eigenvalue weighted by Gasteiger charge is -2.28. The van der Waals surface area contributed by atoms with E-state index in [1.807, 2.05) is 59.6 Å². The number of methoxy groups -OCH3 is 1. The normalized spacial score (nSPS) is 18.9. The van der Waals surface area contributed by atoms with Crippen LogP contribution in [-0.4, -0.2) is 44.9 Å². The first-order chi connectivity index (χ1) is 13.7. The van der Waals surface area contributed by atoms with Crippen LogP contribution < -0.4 is 10.1 Å². The second-order valence-corrected chi connectivity index (χ2v) is 6.93. The summed E-state index contributed by atoms with van der Waals surface area (Å²) in [6.45, 7) is 0.476. The highest BCUT2D eigenvalue weighted by atomic mass is 32.1. The molecule has 0 saturated carbocycles. The maximum atomic E-state index is 9.60. The molecule has 0 radical (unpaired) electrons. The lowest BCUT2D eigenvalue weighted by atomic mass is 10.0. The number of hydrogen-bond donors (Lipinski definition) is 2. The average molecular weight is 395 g/mol. The Kier molecular flexibility index (Phi) is 5.27. The number of hydrogen-bond acceptors (Lipinski definition) is 4. The molecule has 0 bridgehead atoms. The fourth-order valence-corrected chi connectivity index (χ4v) is 4.02. The standard InChI is InChI=1S/C21H22N4O2S/c1-27-16-9-7-15(8-10-16)24-12-4-6-18(24)20-19(17-5-2-3-11-22-17)23-21(28)25(20)13-14-26/h2-12,19-20,26H,13-14H2,1H3,(H,23,28)/t19-,20-/m0/s1. The summed E-state index contributed by atoms with van der Waals surface area (Å²) < 4.78 is 7.41. The van der Waals surface area contributed by atoms with Crippen molar-refractivity contribution < 1.29 is 9.84 Å². The molecule has 0 spiro atoms. The van der Waals surface area contributed by atoms with E-state index in [4.69, 9.17) is 17.0 Å². The first-order valence-corrected chi connectivity index (χ1v) is 9.54. The number of rotatable bonds is 6. The van der Waals surface area contributed by atoms with Crippen molar-refractivity contribution in [2.45, 2.75) is 12.1 Å². The Balaban J connectivity index is 1.77. The van der Waals surface area contributed by atoms with Crippen LogP contribution in [0.25, 0.3) is 5.69 Å². The zero-order chi connectivity index (χ0) is 19.5. The number of β-amino-alcohol motifs (C(OH)–C–C–N with tert-alkyl or cyclic N) is 1. The summed E-state index contributed by atoms with van der Waals surface area (Å²) >= 11 is 5.58. The molecule has 144 valence electrons. The molecule has 1 aliphatic heterocycles. The van der Waals surface area contributed by atoms with Crippen LogP contribution in [0.3, 0.4) is 0 Å². The van der Waals surface area contributed by atoms with E-state index in [1.165, 1.54) is 0 Å². The van der Waals surface area contributed by atoms with Gasteiger partial charge in [-0.3, -0.25) is 4.98 Å². The van der Waals surface area contributed by atoms with Gasteiger partial charge in [-0.15, -0.1) is 0 Å². The molecular weight excluding hydrogens is 372 g/mol. The number of ether oxygens (including phenoxy) is 1. The Hall–Kier alpha value is -2.90. The average Bonchev–Trinajstić information content (AvgIpc) is 3.34. The highest BCUT2D eigenvalue weighted by Crippen LogP contribution is 2.39. The number of aliphatic hydroxyl groups is 1. The second kappa shape index (κ2) is 8.00. The van der Waals surface area contributed by atoms with Crippen molar-refractivity contribution in [2.75, 3.05) is 20.3 Å². The van der Waals surface area contributed by atoms with Crippen LogP contribution in [0.2, 0.25) is 0 Å². The van der Waals surface area contributed by atoms with Crippen molar-refractivity contribution >= 4 is 17.3 Å². The van der Waals surface area contributed by atoms with Crippen LogP contribution in [0.5, 0.6) is 5.75 Å². The molecule has 3 heterocycles. The molecule has 1 aromatic carbocycles. The summed E-state index contributed by atoms with van der Waals surface area (Å²) in [6.07, 6.45) is 3.82. The van der Waals surface area contributed by atoms with Crippen molar-refractivity contribution in [2.24, 2.45) is 0 Å². The minimum atomic E-state index is -0.104. The topological polar surface area (TPSA) is 62.5 Å². The number of thiocarbonyl (C=S) groups is 1. The fraction of sp³-hybridized carbons (Fsp3) is 0.238. The molecule has 7 heteroatoms. The molecule has 0 amide bonds. The van der Waals surface area contributed by atoms with Gasteiger partial charge >= 0.3 is 0 Å². The summed E-state index contributed by atoms with van der Waals surface area (Å²) in [5.74, 6) is 0.814. The number of nitrogens with zero attached hydrogens (tertiary/aromatic N) is 3. The van der Waals surface area contributed by atoms with Gasteiger partial charge in [-0.05, 0) is 60.7 Å². The van der Waals surface area contributed by atoms with Gasteiger partial charge < -0.3 is 24.6 Å². The van der Waals surface area contributed by atoms with E-state index in [9.17, 15) is 5.11 Å². The number of nitrogens with one attached hydrogen (secondary N) is 1. The number of pyridine rings is 1. The summed E-state index contributed by atoms with van der Waals surface area (Å²) in [4.78, 5) is 6.57. The Morgan fingerprint density at radius 3 is 2.64 bits per heavy atom. The second-order valence-electron chi connectivity index (χ2n) is 6.54. The summed E-state index contributed by atoms with van der Waals surface area (Å²) in [7, 11) is 1.66. The van der Waals surface area contributed by atoms with Gasteiger partial charge in [-0.25, -0.2) is 0 Å². The highest BCUT2D eigenvalue weighted by Gasteiger charge is 2.40. The summed E-state index contributed by atoms with van der Waals surface area (Å²) in [5.41, 5.74) is 3.02. The summed E-state index contributed by atoms with van der Waals surface area (Å²) in [5, 5.41) is 13.6. The first kappa shape index (κ1) is 18.5. The predicted molar refractivity (Wildman–Crippen MR) is 112 cm³/mol. The third kappa shape index (κ3) is 3.34. The Bertz CT molecular complexity index is 943. The van der Waals surface area contributed by atoms with Gasteiger partial charge in [0.25, 0.3) is 0 Å². The van der Waals surface area contributed by atoms with Crippen molar-refractivity contribution in [3.05, 3.63) is 78.4 Å². The molecule has 2 atom stereocenters. The number of aromatic nitrogens is 2. The molecule has 2 N–H and O–H groups in total. The van der Waals surface area contributed by atoms with E-state index < -0.39 is 0 Å². The van der Waals surface area contributed by atoms with Gasteiger partial charge in [-0.1, -0.05) is 6.07 Å². The molecule has 4 rings (SSSR count).